The van der Waals surface area contributed by atoms with Crippen LogP contribution in [0.25, 0.3) is 0 Å². The van der Waals surface area contributed by atoms with Crippen molar-refractivity contribution in [2.75, 3.05) is 0 Å². The number of nitriles is 1. The summed E-state index contributed by atoms with van der Waals surface area (Å²) in [6, 6.07) is 3.32. The lowest BCUT2D eigenvalue weighted by atomic mass is 10.4. The molecule has 0 heterocycles. The Labute approximate surface area is 75.9 Å². The normalized spacial score (nSPS) is 13.1. The van der Waals surface area contributed by atoms with Crippen molar-refractivity contribution >= 4 is 21.1 Å². The Balaban J connectivity index is 3.11. The Morgan fingerprint density at radius 2 is 2.45 bits per heavy atom. The van der Waals surface area contributed by atoms with Crippen molar-refractivity contribution in [2.24, 2.45) is 0 Å². The molecule has 0 saturated carbocycles. The predicted octanol–water partition coefficient (Wildman–Crippen LogP) is 2.02. The number of unbranched alkanes of at least 4 members (excludes halogenated alkanes) is 1. The van der Waals surface area contributed by atoms with Crippen LogP contribution < -0.4 is 0 Å². The standard InChI is InChI=1S/C8H14ClNSi/c1-2-5-8(9)11-7-4-3-6-10/h2,8H,1,3-5,7,11H2. The van der Waals surface area contributed by atoms with Gasteiger partial charge in [0.05, 0.1) is 6.07 Å². The molecule has 0 bridgehead atoms. The minimum Gasteiger partial charge on any atom is -0.198 e. The highest BCUT2D eigenvalue weighted by Crippen LogP contribution is 2.05. The average molecular weight is 188 g/mol. The predicted molar refractivity (Wildman–Crippen MR) is 52.7 cm³/mol. The van der Waals surface area contributed by atoms with Crippen LogP contribution in [0.5, 0.6) is 0 Å². The Morgan fingerprint density at radius 1 is 1.73 bits per heavy atom. The highest BCUT2D eigenvalue weighted by atomic mass is 35.5. The van der Waals surface area contributed by atoms with E-state index in [-0.39, 0.29) is 9.52 Å². The number of hydrogen-bond donors (Lipinski definition) is 0. The highest BCUT2D eigenvalue weighted by Gasteiger charge is 2.01. The van der Waals surface area contributed by atoms with Crippen molar-refractivity contribution in [2.45, 2.75) is 30.3 Å². The maximum atomic E-state index is 8.25. The smallest absolute Gasteiger partial charge is 0.0621 e. The number of halogens is 1. The van der Waals surface area contributed by atoms with Gasteiger partial charge in [0, 0.05) is 20.9 Å². The first-order valence-electron chi connectivity index (χ1n) is 3.93. The van der Waals surface area contributed by atoms with E-state index >= 15 is 0 Å². The third kappa shape index (κ3) is 7.64. The lowest BCUT2D eigenvalue weighted by Gasteiger charge is -2.02. The molecule has 0 N–H and O–H groups in total. The number of nitrogens with zero attached hydrogens (tertiary/aromatic N) is 1. The summed E-state index contributed by atoms with van der Waals surface area (Å²) in [5, 5.41) is 8.60. The van der Waals surface area contributed by atoms with Crippen LogP contribution in [0.1, 0.15) is 19.3 Å². The second-order valence-electron chi connectivity index (χ2n) is 2.53. The summed E-state index contributed by atoms with van der Waals surface area (Å²) in [4.78, 5) is 0. The van der Waals surface area contributed by atoms with Gasteiger partial charge in [-0.15, -0.1) is 18.2 Å². The van der Waals surface area contributed by atoms with E-state index in [1.54, 1.807) is 0 Å². The van der Waals surface area contributed by atoms with Crippen LogP contribution in [0.4, 0.5) is 0 Å². The second-order valence-corrected chi connectivity index (χ2v) is 5.93. The first-order chi connectivity index (χ1) is 5.31. The van der Waals surface area contributed by atoms with Gasteiger partial charge < -0.3 is 0 Å². The van der Waals surface area contributed by atoms with Gasteiger partial charge in [0.25, 0.3) is 0 Å². The fourth-order valence-corrected chi connectivity index (χ4v) is 2.91. The molecular formula is C8H14ClNSi. The van der Waals surface area contributed by atoms with Crippen molar-refractivity contribution in [1.29, 1.82) is 5.26 Å². The molecule has 1 nitrogen and oxygen atoms in total. The molecule has 1 atom stereocenters. The van der Waals surface area contributed by atoms with E-state index in [9.17, 15) is 0 Å². The Morgan fingerprint density at radius 3 is 3.00 bits per heavy atom. The summed E-state index contributed by atoms with van der Waals surface area (Å²) in [6.07, 6.45) is 4.52. The summed E-state index contributed by atoms with van der Waals surface area (Å²) in [5.41, 5.74) is 0. The molecule has 0 aromatic carbocycles. The third-order valence-corrected chi connectivity index (χ3v) is 4.18. The van der Waals surface area contributed by atoms with E-state index in [0.717, 1.165) is 12.8 Å². The monoisotopic (exact) mass is 187 g/mol. The van der Waals surface area contributed by atoms with Gasteiger partial charge in [0.15, 0.2) is 0 Å². The molecule has 0 radical (unpaired) electrons. The Hall–Kier alpha value is -0.263. The number of hydrogen-bond acceptors (Lipinski definition) is 1. The van der Waals surface area contributed by atoms with Gasteiger partial charge >= 0.3 is 0 Å². The van der Waals surface area contributed by atoms with Crippen LogP contribution in [0.15, 0.2) is 12.7 Å². The zero-order chi connectivity index (χ0) is 8.53. The van der Waals surface area contributed by atoms with E-state index < -0.39 is 0 Å². The zero-order valence-electron chi connectivity index (χ0n) is 6.72. The van der Waals surface area contributed by atoms with Crippen LogP contribution in [0.3, 0.4) is 0 Å². The highest BCUT2D eigenvalue weighted by molar-refractivity contribution is 6.53. The molecule has 0 fully saturated rings. The van der Waals surface area contributed by atoms with Crippen molar-refractivity contribution in [3.8, 4) is 6.07 Å². The van der Waals surface area contributed by atoms with E-state index in [2.05, 4.69) is 12.6 Å². The SMILES string of the molecule is C=CCC(Cl)[SiH2]CCCC#N. The summed E-state index contributed by atoms with van der Waals surface area (Å²) in [6.45, 7) is 3.63. The molecule has 0 saturated heterocycles. The molecule has 62 valence electrons. The third-order valence-electron chi connectivity index (χ3n) is 1.48. The fraction of sp³-hybridized carbons (Fsp3) is 0.625. The lowest BCUT2D eigenvalue weighted by Crippen LogP contribution is -2.07. The Bertz CT molecular complexity index is 142. The molecule has 0 spiro atoms. The van der Waals surface area contributed by atoms with E-state index in [1.807, 2.05) is 6.08 Å². The van der Waals surface area contributed by atoms with Crippen molar-refractivity contribution in [3.05, 3.63) is 12.7 Å². The topological polar surface area (TPSA) is 23.8 Å². The fourth-order valence-electron chi connectivity index (χ4n) is 0.869. The van der Waals surface area contributed by atoms with Crippen LogP contribution >= 0.6 is 11.6 Å². The van der Waals surface area contributed by atoms with Gasteiger partial charge in [-0.2, -0.15) is 5.26 Å². The number of alkyl halides is 1. The van der Waals surface area contributed by atoms with Gasteiger partial charge in [-0.3, -0.25) is 0 Å². The molecule has 0 aliphatic heterocycles. The van der Waals surface area contributed by atoms with Crippen LogP contribution in [0, 0.1) is 11.3 Å². The molecule has 3 heteroatoms. The summed E-state index contributed by atoms with van der Waals surface area (Å²) < 4.78 is 0. The van der Waals surface area contributed by atoms with Crippen molar-refractivity contribution in [1.82, 2.24) is 0 Å². The summed E-state index contributed by atoms with van der Waals surface area (Å²) in [5.74, 6) is 0. The summed E-state index contributed by atoms with van der Waals surface area (Å²) >= 11 is 5.97. The molecule has 0 rings (SSSR count). The number of allylic oxidation sites excluding steroid dienone is 1. The van der Waals surface area contributed by atoms with Crippen molar-refractivity contribution < 1.29 is 0 Å². The van der Waals surface area contributed by atoms with E-state index in [4.69, 9.17) is 16.9 Å². The molecule has 0 amide bonds. The molecule has 0 aliphatic carbocycles. The van der Waals surface area contributed by atoms with E-state index in [0.29, 0.717) is 11.4 Å². The van der Waals surface area contributed by atoms with Gasteiger partial charge in [0.1, 0.15) is 0 Å². The van der Waals surface area contributed by atoms with Crippen LogP contribution in [0.2, 0.25) is 6.04 Å². The number of rotatable bonds is 6. The second kappa shape index (κ2) is 7.84. The molecule has 1 unspecified atom stereocenters. The summed E-state index contributed by atoms with van der Waals surface area (Å²) in [7, 11) is -0.153. The molecule has 11 heavy (non-hydrogen) atoms. The average Bonchev–Trinajstić information content (AvgIpc) is 1.99. The van der Waals surface area contributed by atoms with Gasteiger partial charge in [-0.25, -0.2) is 0 Å². The van der Waals surface area contributed by atoms with Crippen LogP contribution in [-0.2, 0) is 0 Å². The first kappa shape index (κ1) is 10.7. The minimum atomic E-state index is -0.153. The molecule has 0 aromatic rings. The quantitative estimate of drug-likeness (QED) is 0.270. The molecule has 0 aromatic heterocycles. The minimum absolute atomic E-state index is 0.153. The van der Waals surface area contributed by atoms with E-state index in [1.165, 1.54) is 6.04 Å². The first-order valence-corrected chi connectivity index (χ1v) is 6.18. The van der Waals surface area contributed by atoms with Gasteiger partial charge in [-0.05, 0) is 12.8 Å². The zero-order valence-corrected chi connectivity index (χ0v) is 8.89. The van der Waals surface area contributed by atoms with Crippen molar-refractivity contribution in [3.63, 3.8) is 0 Å². The maximum Gasteiger partial charge on any atom is 0.0621 e. The lowest BCUT2D eigenvalue weighted by molar-refractivity contribution is 0.949. The maximum absolute atomic E-state index is 8.25. The Kier molecular flexibility index (Phi) is 7.65. The largest absolute Gasteiger partial charge is 0.198 e. The molecular weight excluding hydrogens is 174 g/mol. The molecule has 0 aliphatic rings. The van der Waals surface area contributed by atoms with Gasteiger partial charge in [-0.1, -0.05) is 12.1 Å². The van der Waals surface area contributed by atoms with Crippen LogP contribution in [-0.4, -0.2) is 14.5 Å². The van der Waals surface area contributed by atoms with Gasteiger partial charge in [0.2, 0.25) is 0 Å².